The van der Waals surface area contributed by atoms with Crippen molar-refractivity contribution in [1.29, 1.82) is 0 Å². The lowest BCUT2D eigenvalue weighted by atomic mass is 10.2. The molecule has 0 atom stereocenters. The molecule has 0 unspecified atom stereocenters. The zero-order valence-electron chi connectivity index (χ0n) is 15.2. The van der Waals surface area contributed by atoms with Gasteiger partial charge in [-0.2, -0.15) is 10.1 Å². The second-order valence-corrected chi connectivity index (χ2v) is 7.83. The van der Waals surface area contributed by atoms with Crippen LogP contribution in [-0.4, -0.2) is 25.4 Å². The summed E-state index contributed by atoms with van der Waals surface area (Å²) in [7, 11) is -1.05. The molecule has 2 aromatic carbocycles. The van der Waals surface area contributed by atoms with E-state index >= 15 is 0 Å². The highest BCUT2D eigenvalue weighted by molar-refractivity contribution is 7.62. The van der Waals surface area contributed by atoms with E-state index in [9.17, 15) is 4.57 Å². The van der Waals surface area contributed by atoms with Gasteiger partial charge in [0.25, 0.3) is 0 Å². The Morgan fingerprint density at radius 2 is 1.74 bits per heavy atom. The fraction of sp³-hybridized carbons (Fsp3) is 0.158. The molecular weight excluding hydrogens is 365 g/mol. The molecule has 140 valence electrons. The highest BCUT2D eigenvalue weighted by Gasteiger charge is 2.34. The topological polar surface area (TPSA) is 86.0 Å². The van der Waals surface area contributed by atoms with Crippen molar-refractivity contribution >= 4 is 25.1 Å². The third-order valence-corrected chi connectivity index (χ3v) is 5.61. The second-order valence-electron chi connectivity index (χ2n) is 5.68. The van der Waals surface area contributed by atoms with Crippen LogP contribution in [0.5, 0.6) is 0 Å². The molecule has 0 aliphatic carbocycles. The minimum Gasteiger partial charge on any atom is -0.418 e. The van der Waals surface area contributed by atoms with Gasteiger partial charge in [-0.3, -0.25) is 4.57 Å². The average molecular weight is 385 g/mol. The second kappa shape index (κ2) is 8.31. The van der Waals surface area contributed by atoms with Gasteiger partial charge in [0.2, 0.25) is 17.2 Å². The zero-order valence-corrected chi connectivity index (χ0v) is 16.1. The van der Waals surface area contributed by atoms with Crippen LogP contribution >= 0.6 is 7.60 Å². The van der Waals surface area contributed by atoms with Gasteiger partial charge >= 0.3 is 7.60 Å². The van der Waals surface area contributed by atoms with E-state index in [4.69, 9.17) is 13.5 Å². The van der Waals surface area contributed by atoms with Gasteiger partial charge in [0.1, 0.15) is 0 Å². The van der Waals surface area contributed by atoms with Crippen molar-refractivity contribution in [2.24, 2.45) is 5.10 Å². The number of anilines is 1. The number of rotatable bonds is 7. The molecule has 0 aliphatic rings. The standard InChI is InChI=1S/C19H20N3O4P/c1-14-9-11-15(12-10-14)13-20-22-18-19(27(23,24-2)25-3)21-17(26-18)16-7-5-4-6-8-16/h4-13,22H,1-3H3/b20-13+. The van der Waals surface area contributed by atoms with Gasteiger partial charge in [-0.25, -0.2) is 5.43 Å². The molecule has 1 N–H and O–H groups in total. The first-order valence-corrected chi connectivity index (χ1v) is 9.74. The molecule has 7 nitrogen and oxygen atoms in total. The predicted molar refractivity (Wildman–Crippen MR) is 106 cm³/mol. The number of benzene rings is 2. The van der Waals surface area contributed by atoms with Crippen molar-refractivity contribution < 1.29 is 18.0 Å². The van der Waals surface area contributed by atoms with Crippen molar-refractivity contribution in [2.75, 3.05) is 19.6 Å². The van der Waals surface area contributed by atoms with Crippen molar-refractivity contribution in [2.45, 2.75) is 6.92 Å². The van der Waals surface area contributed by atoms with Crippen LogP contribution < -0.4 is 10.9 Å². The van der Waals surface area contributed by atoms with Crippen LogP contribution in [0.2, 0.25) is 0 Å². The molecular formula is C19H20N3O4P. The van der Waals surface area contributed by atoms with Crippen LogP contribution in [0.4, 0.5) is 5.88 Å². The maximum atomic E-state index is 12.8. The maximum Gasteiger partial charge on any atom is 0.384 e. The minimum atomic E-state index is -3.63. The van der Waals surface area contributed by atoms with Crippen molar-refractivity contribution in [3.05, 3.63) is 65.7 Å². The van der Waals surface area contributed by atoms with Gasteiger partial charge in [0.15, 0.2) is 0 Å². The molecule has 0 spiro atoms. The van der Waals surface area contributed by atoms with Gasteiger partial charge < -0.3 is 13.5 Å². The van der Waals surface area contributed by atoms with E-state index in [2.05, 4.69) is 15.5 Å². The molecule has 3 rings (SSSR count). The lowest BCUT2D eigenvalue weighted by Crippen LogP contribution is -2.13. The molecule has 0 saturated heterocycles. The van der Waals surface area contributed by atoms with Crippen LogP contribution in [0.25, 0.3) is 11.5 Å². The summed E-state index contributed by atoms with van der Waals surface area (Å²) >= 11 is 0. The Balaban J connectivity index is 1.93. The monoisotopic (exact) mass is 385 g/mol. The summed E-state index contributed by atoms with van der Waals surface area (Å²) in [5, 5.41) is 4.15. The number of nitrogens with one attached hydrogen (secondary N) is 1. The van der Waals surface area contributed by atoms with Crippen LogP contribution in [0, 0.1) is 6.92 Å². The molecule has 0 fully saturated rings. The third-order valence-electron chi connectivity index (χ3n) is 3.83. The fourth-order valence-corrected chi connectivity index (χ4v) is 3.39. The summed E-state index contributed by atoms with van der Waals surface area (Å²) in [5.74, 6) is 0.386. The van der Waals surface area contributed by atoms with E-state index in [-0.39, 0.29) is 17.2 Å². The first-order chi connectivity index (χ1) is 13.1. The average Bonchev–Trinajstić information content (AvgIpc) is 3.14. The van der Waals surface area contributed by atoms with E-state index < -0.39 is 7.60 Å². The van der Waals surface area contributed by atoms with Crippen molar-refractivity contribution in [3.8, 4) is 11.5 Å². The van der Waals surface area contributed by atoms with E-state index in [1.807, 2.05) is 61.5 Å². The normalized spacial score (nSPS) is 11.8. The third kappa shape index (κ3) is 4.34. The van der Waals surface area contributed by atoms with Crippen LogP contribution in [0.15, 0.2) is 64.1 Å². The van der Waals surface area contributed by atoms with E-state index in [1.54, 1.807) is 6.21 Å². The smallest absolute Gasteiger partial charge is 0.384 e. The van der Waals surface area contributed by atoms with Crippen LogP contribution in [0.1, 0.15) is 11.1 Å². The Bertz CT molecular complexity index is 960. The molecule has 3 aromatic rings. The molecule has 0 saturated carbocycles. The van der Waals surface area contributed by atoms with Gasteiger partial charge in [-0.1, -0.05) is 48.0 Å². The summed E-state index contributed by atoms with van der Waals surface area (Å²) in [5.41, 5.74) is 5.57. The molecule has 0 amide bonds. The SMILES string of the molecule is COP(=O)(OC)c1nc(-c2ccccc2)oc1N/N=C/c1ccc(C)cc1. The van der Waals surface area contributed by atoms with E-state index in [1.165, 1.54) is 14.2 Å². The van der Waals surface area contributed by atoms with Gasteiger partial charge in [-0.15, -0.1) is 0 Å². The lowest BCUT2D eigenvalue weighted by Gasteiger charge is -2.11. The van der Waals surface area contributed by atoms with Gasteiger partial charge in [-0.05, 0) is 24.6 Å². The minimum absolute atomic E-state index is 0.0346. The molecule has 1 aromatic heterocycles. The number of aryl methyl sites for hydroxylation is 1. The summed E-state index contributed by atoms with van der Waals surface area (Å²) < 4.78 is 28.7. The molecule has 0 radical (unpaired) electrons. The maximum absolute atomic E-state index is 12.8. The Hall–Kier alpha value is -2.73. The first-order valence-electron chi connectivity index (χ1n) is 8.20. The molecule has 27 heavy (non-hydrogen) atoms. The summed E-state index contributed by atoms with van der Waals surface area (Å²) in [4.78, 5) is 4.32. The van der Waals surface area contributed by atoms with Gasteiger partial charge in [0.05, 0.1) is 6.21 Å². The Morgan fingerprint density at radius 3 is 2.37 bits per heavy atom. The number of oxazole rings is 1. The zero-order chi connectivity index (χ0) is 19.3. The van der Waals surface area contributed by atoms with E-state index in [0.29, 0.717) is 0 Å². The van der Waals surface area contributed by atoms with E-state index in [0.717, 1.165) is 16.7 Å². The number of hydrazone groups is 1. The fourth-order valence-electron chi connectivity index (χ4n) is 2.34. The molecule has 8 heteroatoms. The van der Waals surface area contributed by atoms with Crippen LogP contribution in [0.3, 0.4) is 0 Å². The number of aromatic nitrogens is 1. The summed E-state index contributed by atoms with van der Waals surface area (Å²) in [6, 6.07) is 17.1. The lowest BCUT2D eigenvalue weighted by molar-refractivity contribution is 0.286. The number of hydrogen-bond acceptors (Lipinski definition) is 7. The van der Waals surface area contributed by atoms with Gasteiger partial charge in [0, 0.05) is 19.8 Å². The Kier molecular flexibility index (Phi) is 5.86. The number of hydrogen-bond donors (Lipinski definition) is 1. The highest BCUT2D eigenvalue weighted by Crippen LogP contribution is 2.47. The predicted octanol–water partition coefficient (Wildman–Crippen LogP) is 4.21. The largest absolute Gasteiger partial charge is 0.418 e. The molecule has 0 aliphatic heterocycles. The molecule has 1 heterocycles. The van der Waals surface area contributed by atoms with Crippen LogP contribution in [-0.2, 0) is 13.6 Å². The summed E-state index contributed by atoms with van der Waals surface area (Å²) in [6.45, 7) is 2.01. The van der Waals surface area contributed by atoms with Crippen molar-refractivity contribution in [1.82, 2.24) is 4.98 Å². The Labute approximate surface area is 157 Å². The first kappa shape index (κ1) is 19.0. The number of nitrogens with zero attached hydrogens (tertiary/aromatic N) is 2. The summed E-state index contributed by atoms with van der Waals surface area (Å²) in [6.07, 6.45) is 1.62. The highest BCUT2D eigenvalue weighted by atomic mass is 31.2. The quantitative estimate of drug-likeness (QED) is 0.373. The molecule has 0 bridgehead atoms. The Morgan fingerprint density at radius 1 is 1.07 bits per heavy atom. The van der Waals surface area contributed by atoms with Crippen molar-refractivity contribution in [3.63, 3.8) is 0 Å².